The summed E-state index contributed by atoms with van der Waals surface area (Å²) in [6.07, 6.45) is 5.51. The number of hydrogen-bond acceptors (Lipinski definition) is 2. The van der Waals surface area contributed by atoms with Crippen LogP contribution in [0.5, 0.6) is 0 Å². The van der Waals surface area contributed by atoms with E-state index in [2.05, 4.69) is 9.69 Å². The Morgan fingerprint density at radius 2 is 1.00 bits per heavy atom. The maximum atomic E-state index is 12.6. The molecule has 2 aliphatic rings. The second-order valence-corrected chi connectivity index (χ2v) is 8.22. The minimum atomic E-state index is -3.05. The van der Waals surface area contributed by atoms with Crippen molar-refractivity contribution in [2.24, 2.45) is 0 Å². The van der Waals surface area contributed by atoms with Gasteiger partial charge in [0.25, 0.3) is 0 Å². The van der Waals surface area contributed by atoms with Crippen molar-refractivity contribution in [1.82, 2.24) is 0 Å². The quantitative estimate of drug-likeness (QED) is 0.730. The summed E-state index contributed by atoms with van der Waals surface area (Å²) in [5.41, 5.74) is 0. The molecule has 2 aliphatic carbocycles. The van der Waals surface area contributed by atoms with Crippen molar-refractivity contribution in [2.45, 2.75) is 74.0 Å². The Bertz CT molecular complexity index is 445. The SMILES string of the molecule is [C-]#[N+]C1CCC(S(=O)(=O)C2CCC([N+]#[C-])CC2)CC1. The third kappa shape index (κ3) is 3.09. The molecule has 2 fully saturated rings. The Morgan fingerprint density at radius 3 is 1.26 bits per heavy atom. The van der Waals surface area contributed by atoms with Gasteiger partial charge in [-0.05, 0) is 25.7 Å². The van der Waals surface area contributed by atoms with Gasteiger partial charge in [-0.25, -0.2) is 21.6 Å². The normalized spacial score (nSPS) is 36.1. The zero-order valence-electron chi connectivity index (χ0n) is 11.1. The van der Waals surface area contributed by atoms with Crippen molar-refractivity contribution in [3.8, 4) is 0 Å². The third-order valence-electron chi connectivity index (χ3n) is 4.58. The van der Waals surface area contributed by atoms with E-state index >= 15 is 0 Å². The summed E-state index contributed by atoms with van der Waals surface area (Å²) in [7, 11) is -3.05. The lowest BCUT2D eigenvalue weighted by Crippen LogP contribution is -2.37. The van der Waals surface area contributed by atoms with Crippen molar-refractivity contribution in [3.05, 3.63) is 22.8 Å². The van der Waals surface area contributed by atoms with Crippen molar-refractivity contribution in [2.75, 3.05) is 0 Å². The molecule has 19 heavy (non-hydrogen) atoms. The van der Waals surface area contributed by atoms with Gasteiger partial charge in [0, 0.05) is 25.7 Å². The van der Waals surface area contributed by atoms with Crippen LogP contribution in [0.4, 0.5) is 0 Å². The topological polar surface area (TPSA) is 42.9 Å². The van der Waals surface area contributed by atoms with Gasteiger partial charge in [0.05, 0.1) is 10.5 Å². The summed E-state index contributed by atoms with van der Waals surface area (Å²) < 4.78 is 25.2. The molecule has 2 saturated carbocycles. The molecule has 0 aromatic heterocycles. The highest BCUT2D eigenvalue weighted by molar-refractivity contribution is 7.92. The van der Waals surface area contributed by atoms with Crippen LogP contribution < -0.4 is 0 Å². The van der Waals surface area contributed by atoms with Crippen LogP contribution in [0.25, 0.3) is 9.69 Å². The highest BCUT2D eigenvalue weighted by Crippen LogP contribution is 2.34. The zero-order valence-corrected chi connectivity index (χ0v) is 11.9. The highest BCUT2D eigenvalue weighted by Gasteiger charge is 2.40. The first-order chi connectivity index (χ1) is 9.07. The summed E-state index contributed by atoms with van der Waals surface area (Å²) >= 11 is 0. The number of sulfone groups is 1. The lowest BCUT2D eigenvalue weighted by atomic mass is 9.95. The molecule has 0 aromatic carbocycles. The largest absolute Gasteiger partial charge is 0.314 e. The fourth-order valence-corrected chi connectivity index (χ4v) is 5.68. The average molecular weight is 280 g/mol. The predicted octanol–water partition coefficient (Wildman–Crippen LogP) is 2.86. The Balaban J connectivity index is 1.96. The van der Waals surface area contributed by atoms with Gasteiger partial charge in [0.2, 0.25) is 12.1 Å². The molecule has 2 rings (SSSR count). The lowest BCUT2D eigenvalue weighted by molar-refractivity contribution is 0.434. The van der Waals surface area contributed by atoms with E-state index in [1.165, 1.54) is 0 Å². The molecule has 0 bridgehead atoms. The lowest BCUT2D eigenvalue weighted by Gasteiger charge is -2.29. The maximum absolute atomic E-state index is 12.6. The van der Waals surface area contributed by atoms with Gasteiger partial charge in [-0.2, -0.15) is 0 Å². The number of hydrogen-bond donors (Lipinski definition) is 0. The number of rotatable bonds is 2. The first-order valence-electron chi connectivity index (χ1n) is 7.03. The summed E-state index contributed by atoms with van der Waals surface area (Å²) in [6, 6.07) is 0.0635. The van der Waals surface area contributed by atoms with Crippen molar-refractivity contribution < 1.29 is 8.42 Å². The molecular formula is C14H20N2O2S. The first-order valence-corrected chi connectivity index (χ1v) is 8.64. The van der Waals surface area contributed by atoms with Crippen LogP contribution in [0.15, 0.2) is 0 Å². The summed E-state index contributed by atoms with van der Waals surface area (Å²) in [5, 5.41) is -0.472. The molecule has 0 aliphatic heterocycles. The molecule has 0 radical (unpaired) electrons. The standard InChI is InChI=1S/C14H20N2O2S/c1-15-11-3-7-13(8-4-11)19(17,18)14-9-5-12(16-2)6-10-14/h11-14H,3-10H2. The van der Waals surface area contributed by atoms with E-state index in [-0.39, 0.29) is 22.6 Å². The minimum absolute atomic E-state index is 0.0318. The van der Waals surface area contributed by atoms with Gasteiger partial charge < -0.3 is 9.69 Å². The number of nitrogens with zero attached hydrogens (tertiary/aromatic N) is 2. The van der Waals surface area contributed by atoms with E-state index in [4.69, 9.17) is 13.1 Å². The average Bonchev–Trinajstić information content (AvgIpc) is 2.47. The van der Waals surface area contributed by atoms with E-state index in [1.54, 1.807) is 0 Å². The molecule has 0 amide bonds. The second kappa shape index (κ2) is 5.92. The molecular weight excluding hydrogens is 260 g/mol. The third-order valence-corrected chi connectivity index (χ3v) is 7.38. The zero-order chi connectivity index (χ0) is 13.9. The van der Waals surface area contributed by atoms with E-state index in [0.717, 1.165) is 25.7 Å². The van der Waals surface area contributed by atoms with Gasteiger partial charge in [-0.1, -0.05) is 0 Å². The van der Waals surface area contributed by atoms with Crippen molar-refractivity contribution in [1.29, 1.82) is 0 Å². The molecule has 104 valence electrons. The van der Waals surface area contributed by atoms with Gasteiger partial charge in [0.1, 0.15) is 0 Å². The van der Waals surface area contributed by atoms with E-state index in [1.807, 2.05) is 0 Å². The second-order valence-electron chi connectivity index (χ2n) is 5.71. The molecule has 0 saturated heterocycles. The van der Waals surface area contributed by atoms with E-state index in [9.17, 15) is 8.42 Å². The van der Waals surface area contributed by atoms with Gasteiger partial charge in [-0.3, -0.25) is 0 Å². The smallest absolute Gasteiger partial charge is 0.223 e. The van der Waals surface area contributed by atoms with Crippen molar-refractivity contribution in [3.63, 3.8) is 0 Å². The van der Waals surface area contributed by atoms with Crippen molar-refractivity contribution >= 4 is 9.84 Å². The van der Waals surface area contributed by atoms with Crippen LogP contribution >= 0.6 is 0 Å². The van der Waals surface area contributed by atoms with Crippen LogP contribution in [0.1, 0.15) is 51.4 Å². The molecule has 0 aromatic rings. The molecule has 0 N–H and O–H groups in total. The molecule has 5 heteroatoms. The Kier molecular flexibility index (Phi) is 4.47. The Hall–Kier alpha value is -1.07. The van der Waals surface area contributed by atoms with Gasteiger partial charge >= 0.3 is 0 Å². The molecule has 0 heterocycles. The summed E-state index contributed by atoms with van der Waals surface area (Å²) in [6.45, 7) is 14.0. The van der Waals surface area contributed by atoms with Crippen LogP contribution in [-0.2, 0) is 9.84 Å². The monoisotopic (exact) mass is 280 g/mol. The van der Waals surface area contributed by atoms with Crippen LogP contribution in [0.3, 0.4) is 0 Å². The fourth-order valence-electron chi connectivity index (χ4n) is 3.28. The summed E-state index contributed by atoms with van der Waals surface area (Å²) in [4.78, 5) is 7.04. The van der Waals surface area contributed by atoms with E-state index < -0.39 is 9.84 Å². The van der Waals surface area contributed by atoms with Crippen LogP contribution in [0.2, 0.25) is 0 Å². The van der Waals surface area contributed by atoms with Crippen LogP contribution in [-0.4, -0.2) is 31.0 Å². The predicted molar refractivity (Wildman–Crippen MR) is 74.2 cm³/mol. The van der Waals surface area contributed by atoms with Gasteiger partial charge in [0.15, 0.2) is 9.84 Å². The molecule has 0 spiro atoms. The molecule has 4 nitrogen and oxygen atoms in total. The highest BCUT2D eigenvalue weighted by atomic mass is 32.2. The molecule has 0 unspecified atom stereocenters. The first kappa shape index (κ1) is 14.3. The minimum Gasteiger partial charge on any atom is -0.314 e. The van der Waals surface area contributed by atoms with Crippen LogP contribution in [0, 0.1) is 13.1 Å². The fraction of sp³-hybridized carbons (Fsp3) is 0.857. The molecule has 0 atom stereocenters. The summed E-state index contributed by atoms with van der Waals surface area (Å²) in [5.74, 6) is 0. The Morgan fingerprint density at radius 1 is 0.684 bits per heavy atom. The van der Waals surface area contributed by atoms with Gasteiger partial charge in [-0.15, -0.1) is 0 Å². The Labute approximate surface area is 115 Å². The maximum Gasteiger partial charge on any atom is 0.223 e. The van der Waals surface area contributed by atoms with E-state index in [0.29, 0.717) is 25.7 Å².